The summed E-state index contributed by atoms with van der Waals surface area (Å²) < 4.78 is 1.98. The zero-order chi connectivity index (χ0) is 11.8. The van der Waals surface area contributed by atoms with Crippen molar-refractivity contribution in [3.05, 3.63) is 17.5 Å². The second-order valence-corrected chi connectivity index (χ2v) is 6.24. The maximum Gasteiger partial charge on any atom is 0.309 e. The Hall–Kier alpha value is -1.32. The first-order valence-electron chi connectivity index (χ1n) is 6.32. The van der Waals surface area contributed by atoms with Crippen molar-refractivity contribution in [2.45, 2.75) is 43.4 Å². The SMILES string of the molecule is Cn1ncc(C2CC2)c1C12CC(C(=O)O)(C1)C2. The smallest absolute Gasteiger partial charge is 0.309 e. The van der Waals surface area contributed by atoms with Gasteiger partial charge in [-0.25, -0.2) is 0 Å². The fourth-order valence-corrected chi connectivity index (χ4v) is 4.06. The van der Waals surface area contributed by atoms with Gasteiger partial charge in [0.1, 0.15) is 0 Å². The number of carboxylic acids is 1. The third-order valence-electron chi connectivity index (χ3n) is 4.97. The zero-order valence-electron chi connectivity index (χ0n) is 9.94. The monoisotopic (exact) mass is 232 g/mol. The Morgan fingerprint density at radius 3 is 2.65 bits per heavy atom. The normalized spacial score (nSPS) is 38.4. The lowest BCUT2D eigenvalue weighted by Gasteiger charge is -2.68. The molecule has 4 saturated carbocycles. The Kier molecular flexibility index (Phi) is 1.47. The minimum absolute atomic E-state index is 0.154. The molecule has 1 aromatic heterocycles. The molecule has 0 spiro atoms. The van der Waals surface area contributed by atoms with Gasteiger partial charge in [0.15, 0.2) is 0 Å². The van der Waals surface area contributed by atoms with Crippen molar-refractivity contribution < 1.29 is 9.90 Å². The van der Waals surface area contributed by atoms with E-state index in [0.717, 1.165) is 19.3 Å². The van der Waals surface area contributed by atoms with Gasteiger partial charge in [-0.05, 0) is 43.6 Å². The topological polar surface area (TPSA) is 55.1 Å². The molecule has 0 unspecified atom stereocenters. The molecule has 2 bridgehead atoms. The van der Waals surface area contributed by atoms with Gasteiger partial charge >= 0.3 is 5.97 Å². The van der Waals surface area contributed by atoms with E-state index in [-0.39, 0.29) is 10.8 Å². The Morgan fingerprint density at radius 1 is 1.47 bits per heavy atom. The predicted octanol–water partition coefficient (Wildman–Crippen LogP) is 1.80. The van der Waals surface area contributed by atoms with Crippen LogP contribution >= 0.6 is 0 Å². The van der Waals surface area contributed by atoms with Crippen molar-refractivity contribution >= 4 is 5.97 Å². The Balaban J connectivity index is 1.70. The van der Waals surface area contributed by atoms with Gasteiger partial charge in [-0.3, -0.25) is 9.48 Å². The first-order chi connectivity index (χ1) is 8.06. The van der Waals surface area contributed by atoms with Gasteiger partial charge < -0.3 is 5.11 Å². The molecular weight excluding hydrogens is 216 g/mol. The first kappa shape index (κ1) is 9.68. The van der Waals surface area contributed by atoms with Crippen molar-refractivity contribution in [3.63, 3.8) is 0 Å². The molecule has 1 aromatic rings. The second kappa shape index (κ2) is 2.57. The zero-order valence-corrected chi connectivity index (χ0v) is 9.94. The number of aromatic nitrogens is 2. The van der Waals surface area contributed by atoms with Crippen LogP contribution in [0.4, 0.5) is 0 Å². The van der Waals surface area contributed by atoms with Gasteiger partial charge in [-0.2, -0.15) is 5.10 Å². The van der Waals surface area contributed by atoms with Crippen molar-refractivity contribution in [2.24, 2.45) is 12.5 Å². The molecule has 0 amide bonds. The van der Waals surface area contributed by atoms with Crippen molar-refractivity contribution in [3.8, 4) is 0 Å². The molecule has 4 fully saturated rings. The van der Waals surface area contributed by atoms with Gasteiger partial charge in [-0.15, -0.1) is 0 Å². The molecule has 0 radical (unpaired) electrons. The number of rotatable bonds is 3. The highest BCUT2D eigenvalue weighted by molar-refractivity contribution is 5.80. The molecule has 5 rings (SSSR count). The highest BCUT2D eigenvalue weighted by atomic mass is 16.4. The number of aliphatic carboxylic acids is 1. The van der Waals surface area contributed by atoms with E-state index < -0.39 is 5.97 Å². The number of carboxylic acid groups (broad SMARTS) is 1. The van der Waals surface area contributed by atoms with Crippen LogP contribution in [0.5, 0.6) is 0 Å². The number of carbonyl (C=O) groups is 1. The molecular formula is C13H16N2O2. The van der Waals surface area contributed by atoms with Crippen molar-refractivity contribution in [1.29, 1.82) is 0 Å². The van der Waals surface area contributed by atoms with E-state index in [0.29, 0.717) is 5.92 Å². The minimum atomic E-state index is -0.602. The van der Waals surface area contributed by atoms with Gasteiger partial charge in [0.2, 0.25) is 0 Å². The molecule has 1 N–H and O–H groups in total. The summed E-state index contributed by atoms with van der Waals surface area (Å²) in [5, 5.41) is 13.6. The molecule has 1 heterocycles. The largest absolute Gasteiger partial charge is 0.481 e. The van der Waals surface area contributed by atoms with Gasteiger partial charge in [-0.1, -0.05) is 0 Å². The van der Waals surface area contributed by atoms with Crippen molar-refractivity contribution in [1.82, 2.24) is 9.78 Å². The van der Waals surface area contributed by atoms with Gasteiger partial charge in [0.25, 0.3) is 0 Å². The average molecular weight is 232 g/mol. The van der Waals surface area contributed by atoms with Crippen molar-refractivity contribution in [2.75, 3.05) is 0 Å². The van der Waals surface area contributed by atoms with Crippen LogP contribution in [0, 0.1) is 5.41 Å². The molecule has 0 atom stereocenters. The van der Waals surface area contributed by atoms with Crippen LogP contribution < -0.4 is 0 Å². The van der Waals surface area contributed by atoms with E-state index in [9.17, 15) is 9.90 Å². The van der Waals surface area contributed by atoms with Crippen LogP contribution in [0.1, 0.15) is 49.3 Å². The summed E-state index contributed by atoms with van der Waals surface area (Å²) in [6.45, 7) is 0. The van der Waals surface area contributed by atoms with Crippen LogP contribution in [0.25, 0.3) is 0 Å². The fourth-order valence-electron chi connectivity index (χ4n) is 4.06. The summed E-state index contributed by atoms with van der Waals surface area (Å²) >= 11 is 0. The van der Waals surface area contributed by atoms with E-state index in [2.05, 4.69) is 5.10 Å². The first-order valence-corrected chi connectivity index (χ1v) is 6.32. The minimum Gasteiger partial charge on any atom is -0.481 e. The molecule has 0 aliphatic heterocycles. The Bertz CT molecular complexity index is 508. The van der Waals surface area contributed by atoms with Crippen LogP contribution in [0.15, 0.2) is 6.20 Å². The summed E-state index contributed by atoms with van der Waals surface area (Å²) in [4.78, 5) is 11.1. The molecule has 4 nitrogen and oxygen atoms in total. The fraction of sp³-hybridized carbons (Fsp3) is 0.692. The third-order valence-corrected chi connectivity index (χ3v) is 4.97. The van der Waals surface area contributed by atoms with Crippen LogP contribution in [0.2, 0.25) is 0 Å². The highest BCUT2D eigenvalue weighted by Crippen LogP contribution is 2.74. The highest BCUT2D eigenvalue weighted by Gasteiger charge is 2.73. The summed E-state index contributed by atoms with van der Waals surface area (Å²) in [6, 6.07) is 0. The molecule has 4 aliphatic carbocycles. The average Bonchev–Trinajstić information content (AvgIpc) is 2.89. The van der Waals surface area contributed by atoms with E-state index in [1.165, 1.54) is 24.1 Å². The number of aryl methyl sites for hydroxylation is 1. The summed E-state index contributed by atoms with van der Waals surface area (Å²) in [7, 11) is 2.00. The number of hydrogen-bond acceptors (Lipinski definition) is 2. The van der Waals surface area contributed by atoms with E-state index in [1.54, 1.807) is 0 Å². The molecule has 4 heteroatoms. The van der Waals surface area contributed by atoms with E-state index in [4.69, 9.17) is 0 Å². The van der Waals surface area contributed by atoms with E-state index >= 15 is 0 Å². The quantitative estimate of drug-likeness (QED) is 0.864. The molecule has 17 heavy (non-hydrogen) atoms. The van der Waals surface area contributed by atoms with E-state index in [1.807, 2.05) is 17.9 Å². The number of nitrogens with zero attached hydrogens (tertiary/aromatic N) is 2. The second-order valence-electron chi connectivity index (χ2n) is 6.24. The predicted molar refractivity (Wildman–Crippen MR) is 60.8 cm³/mol. The number of hydrogen-bond donors (Lipinski definition) is 1. The van der Waals surface area contributed by atoms with Crippen LogP contribution in [-0.2, 0) is 17.3 Å². The standard InChI is InChI=1S/C13H16N2O2/c1-15-10(9(4-14-15)8-2-3-8)12-5-13(6-12,7-12)11(16)17/h4,8H,2-3,5-7H2,1H3,(H,16,17). The van der Waals surface area contributed by atoms with Gasteiger partial charge in [0, 0.05) is 18.2 Å². The van der Waals surface area contributed by atoms with Gasteiger partial charge in [0.05, 0.1) is 11.6 Å². The molecule has 90 valence electrons. The molecule has 0 aromatic carbocycles. The Morgan fingerprint density at radius 2 is 2.12 bits per heavy atom. The Labute approximate surface area is 99.6 Å². The molecule has 4 aliphatic rings. The maximum absolute atomic E-state index is 11.1. The third kappa shape index (κ3) is 0.996. The lowest BCUT2D eigenvalue weighted by molar-refractivity contribution is -0.196. The lowest BCUT2D eigenvalue weighted by Crippen LogP contribution is -2.68. The molecule has 0 saturated heterocycles. The van der Waals surface area contributed by atoms with Crippen LogP contribution in [-0.4, -0.2) is 20.9 Å². The van der Waals surface area contributed by atoms with Crippen LogP contribution in [0.3, 0.4) is 0 Å². The maximum atomic E-state index is 11.1. The summed E-state index contributed by atoms with van der Waals surface area (Å²) in [5.74, 6) is 0.100. The summed E-state index contributed by atoms with van der Waals surface area (Å²) in [5.41, 5.74) is 2.50. The lowest BCUT2D eigenvalue weighted by atomic mass is 9.34. The summed E-state index contributed by atoms with van der Waals surface area (Å²) in [6.07, 6.45) is 7.04.